The molecule has 3 rings (SSSR count). The van der Waals surface area contributed by atoms with Crippen LogP contribution in [-0.2, 0) is 9.59 Å². The number of aliphatic imine (C=N–C) groups is 1. The van der Waals surface area contributed by atoms with E-state index in [0.717, 1.165) is 11.8 Å². The number of thioether (sulfide) groups is 1. The van der Waals surface area contributed by atoms with Gasteiger partial charge in [-0.25, -0.2) is 0 Å². The van der Waals surface area contributed by atoms with E-state index >= 15 is 0 Å². The highest BCUT2D eigenvalue weighted by atomic mass is 35.5. The highest BCUT2D eigenvalue weighted by Crippen LogP contribution is 2.30. The third kappa shape index (κ3) is 4.52. The van der Waals surface area contributed by atoms with Gasteiger partial charge in [-0.15, -0.1) is 0 Å². The first-order valence-corrected chi connectivity index (χ1v) is 9.72. The number of hydrogen-bond acceptors (Lipinski definition) is 5. The number of halogens is 1. The van der Waals surface area contributed by atoms with E-state index in [1.54, 1.807) is 55.6 Å². The standard InChI is InChI=1S/C19H17ClN4O3S/c1-21-18(27)12-5-4-6-13(9-12)23-16(25)11-28-19-22-10-17(26)24(19)15-8-3-2-7-14(15)20/h2-9H,10-11H2,1H3,(H,21,27)(H,23,25). The molecule has 0 aliphatic carbocycles. The van der Waals surface area contributed by atoms with Gasteiger partial charge in [0.1, 0.15) is 6.54 Å². The normalized spacial score (nSPS) is 13.3. The molecule has 2 N–H and O–H groups in total. The Morgan fingerprint density at radius 3 is 2.75 bits per heavy atom. The summed E-state index contributed by atoms with van der Waals surface area (Å²) in [5.74, 6) is -0.661. The minimum atomic E-state index is -0.278. The van der Waals surface area contributed by atoms with Gasteiger partial charge in [-0.05, 0) is 30.3 Å². The Morgan fingerprint density at radius 2 is 2.00 bits per heavy atom. The summed E-state index contributed by atoms with van der Waals surface area (Å²) in [5.41, 5.74) is 1.50. The molecule has 2 aromatic rings. The molecular formula is C19H17ClN4O3S. The molecular weight excluding hydrogens is 400 g/mol. The number of nitrogens with zero attached hydrogens (tertiary/aromatic N) is 2. The second-order valence-electron chi connectivity index (χ2n) is 5.78. The summed E-state index contributed by atoms with van der Waals surface area (Å²) in [6, 6.07) is 13.6. The minimum absolute atomic E-state index is 0.0172. The van der Waals surface area contributed by atoms with E-state index in [9.17, 15) is 14.4 Å². The molecule has 9 heteroatoms. The van der Waals surface area contributed by atoms with Crippen molar-refractivity contribution in [2.45, 2.75) is 0 Å². The van der Waals surface area contributed by atoms with Crippen LogP contribution in [0.25, 0.3) is 0 Å². The molecule has 0 unspecified atom stereocenters. The zero-order chi connectivity index (χ0) is 20.1. The smallest absolute Gasteiger partial charge is 0.254 e. The van der Waals surface area contributed by atoms with Gasteiger partial charge in [-0.2, -0.15) is 0 Å². The van der Waals surface area contributed by atoms with E-state index in [2.05, 4.69) is 15.6 Å². The molecule has 28 heavy (non-hydrogen) atoms. The van der Waals surface area contributed by atoms with Crippen molar-refractivity contribution in [1.82, 2.24) is 5.32 Å². The van der Waals surface area contributed by atoms with Gasteiger partial charge in [-0.1, -0.05) is 41.6 Å². The Balaban J connectivity index is 1.64. The number of carbonyl (C=O) groups is 3. The van der Waals surface area contributed by atoms with Gasteiger partial charge in [0.15, 0.2) is 5.17 Å². The molecule has 1 aliphatic rings. The van der Waals surface area contributed by atoms with Crippen molar-refractivity contribution in [2.24, 2.45) is 4.99 Å². The number of nitrogens with one attached hydrogen (secondary N) is 2. The summed E-state index contributed by atoms with van der Waals surface area (Å²) in [7, 11) is 1.54. The van der Waals surface area contributed by atoms with Crippen molar-refractivity contribution in [3.05, 3.63) is 59.1 Å². The molecule has 7 nitrogen and oxygen atoms in total. The van der Waals surface area contributed by atoms with Crippen LogP contribution in [0.4, 0.5) is 11.4 Å². The Morgan fingerprint density at radius 1 is 1.21 bits per heavy atom. The van der Waals surface area contributed by atoms with Crippen LogP contribution in [0.3, 0.4) is 0 Å². The summed E-state index contributed by atoms with van der Waals surface area (Å²) in [5, 5.41) is 6.13. The number of amidine groups is 1. The van der Waals surface area contributed by atoms with Crippen molar-refractivity contribution in [3.63, 3.8) is 0 Å². The number of rotatable bonds is 5. The van der Waals surface area contributed by atoms with Crippen LogP contribution < -0.4 is 15.5 Å². The molecule has 3 amide bonds. The first-order valence-electron chi connectivity index (χ1n) is 8.36. The van der Waals surface area contributed by atoms with Crippen LogP contribution in [0, 0.1) is 0 Å². The van der Waals surface area contributed by atoms with E-state index in [4.69, 9.17) is 11.6 Å². The van der Waals surface area contributed by atoms with E-state index < -0.39 is 0 Å². The fraction of sp³-hybridized carbons (Fsp3) is 0.158. The van der Waals surface area contributed by atoms with Crippen molar-refractivity contribution in [2.75, 3.05) is 29.6 Å². The predicted molar refractivity (Wildman–Crippen MR) is 112 cm³/mol. The number of benzene rings is 2. The van der Waals surface area contributed by atoms with Crippen LogP contribution in [0.1, 0.15) is 10.4 Å². The largest absolute Gasteiger partial charge is 0.355 e. The van der Waals surface area contributed by atoms with Gasteiger partial charge in [0, 0.05) is 18.3 Å². The lowest BCUT2D eigenvalue weighted by atomic mass is 10.2. The average molecular weight is 417 g/mol. The van der Waals surface area contributed by atoms with Gasteiger partial charge >= 0.3 is 0 Å². The number of anilines is 2. The highest BCUT2D eigenvalue weighted by molar-refractivity contribution is 8.14. The van der Waals surface area contributed by atoms with Gasteiger partial charge in [0.05, 0.1) is 16.5 Å². The SMILES string of the molecule is CNC(=O)c1cccc(NC(=O)CSC2=NCC(=O)N2c2ccccc2Cl)c1. The molecule has 1 heterocycles. The second-order valence-corrected chi connectivity index (χ2v) is 7.13. The zero-order valence-corrected chi connectivity index (χ0v) is 16.5. The maximum absolute atomic E-state index is 12.3. The maximum atomic E-state index is 12.3. The summed E-state index contributed by atoms with van der Waals surface area (Å²) in [4.78, 5) is 41.8. The number of amides is 3. The summed E-state index contributed by atoms with van der Waals surface area (Å²) >= 11 is 7.33. The van der Waals surface area contributed by atoms with Gasteiger partial charge in [-0.3, -0.25) is 24.3 Å². The van der Waals surface area contributed by atoms with Crippen LogP contribution >= 0.6 is 23.4 Å². The molecule has 0 aromatic heterocycles. The predicted octanol–water partition coefficient (Wildman–Crippen LogP) is 2.77. The lowest BCUT2D eigenvalue weighted by molar-refractivity contribution is -0.116. The van der Waals surface area contributed by atoms with Crippen LogP contribution in [-0.4, -0.2) is 42.2 Å². The van der Waals surface area contributed by atoms with E-state index in [-0.39, 0.29) is 30.0 Å². The first-order chi connectivity index (χ1) is 13.5. The second kappa shape index (κ2) is 8.90. The summed E-state index contributed by atoms with van der Waals surface area (Å²) in [6.07, 6.45) is 0. The number of carbonyl (C=O) groups excluding carboxylic acids is 3. The topological polar surface area (TPSA) is 90.9 Å². The monoisotopic (exact) mass is 416 g/mol. The fourth-order valence-electron chi connectivity index (χ4n) is 2.57. The zero-order valence-electron chi connectivity index (χ0n) is 14.9. The number of hydrogen-bond donors (Lipinski definition) is 2. The molecule has 0 radical (unpaired) electrons. The van der Waals surface area contributed by atoms with Crippen molar-refractivity contribution in [3.8, 4) is 0 Å². The molecule has 1 aliphatic heterocycles. The molecule has 2 aromatic carbocycles. The molecule has 144 valence electrons. The molecule has 0 spiro atoms. The Hall–Kier alpha value is -2.84. The van der Waals surface area contributed by atoms with Crippen LogP contribution in [0.2, 0.25) is 5.02 Å². The van der Waals surface area contributed by atoms with Gasteiger partial charge in [0.25, 0.3) is 11.8 Å². The Bertz CT molecular complexity index is 964. The molecule has 0 bridgehead atoms. The molecule has 0 fully saturated rings. The van der Waals surface area contributed by atoms with E-state index in [1.165, 1.54) is 4.90 Å². The first kappa shape index (κ1) is 19.9. The Labute approximate surface area is 171 Å². The van der Waals surface area contributed by atoms with Gasteiger partial charge < -0.3 is 10.6 Å². The van der Waals surface area contributed by atoms with Crippen molar-refractivity contribution in [1.29, 1.82) is 0 Å². The minimum Gasteiger partial charge on any atom is -0.355 e. The molecule has 0 saturated heterocycles. The van der Waals surface area contributed by atoms with Crippen molar-refractivity contribution < 1.29 is 14.4 Å². The van der Waals surface area contributed by atoms with Crippen LogP contribution in [0.15, 0.2) is 53.5 Å². The quantitative estimate of drug-likeness (QED) is 0.784. The van der Waals surface area contributed by atoms with E-state index in [0.29, 0.717) is 27.1 Å². The lowest BCUT2D eigenvalue weighted by Crippen LogP contribution is -2.31. The lowest BCUT2D eigenvalue weighted by Gasteiger charge is -2.19. The third-order valence-electron chi connectivity index (χ3n) is 3.85. The van der Waals surface area contributed by atoms with Crippen LogP contribution in [0.5, 0.6) is 0 Å². The summed E-state index contributed by atoms with van der Waals surface area (Å²) < 4.78 is 0. The fourth-order valence-corrected chi connectivity index (χ4v) is 3.61. The third-order valence-corrected chi connectivity index (χ3v) is 5.15. The maximum Gasteiger partial charge on any atom is 0.254 e. The molecule has 0 saturated carbocycles. The number of para-hydroxylation sites is 1. The highest BCUT2D eigenvalue weighted by Gasteiger charge is 2.29. The average Bonchev–Trinajstić information content (AvgIpc) is 3.06. The van der Waals surface area contributed by atoms with Gasteiger partial charge in [0.2, 0.25) is 5.91 Å². The van der Waals surface area contributed by atoms with Crippen molar-refractivity contribution >= 4 is 57.6 Å². The molecule has 0 atom stereocenters. The Kier molecular flexibility index (Phi) is 6.33. The van der Waals surface area contributed by atoms with E-state index in [1.807, 2.05) is 0 Å². The summed E-state index contributed by atoms with van der Waals surface area (Å²) in [6.45, 7) is 0.0172.